The van der Waals surface area contributed by atoms with E-state index in [0.717, 1.165) is 3.57 Å². The molecular weight excluding hydrogens is 291 g/mol. The van der Waals surface area contributed by atoms with Crippen molar-refractivity contribution in [2.45, 2.75) is 4.90 Å². The fourth-order valence-corrected chi connectivity index (χ4v) is 2.13. The van der Waals surface area contributed by atoms with Crippen molar-refractivity contribution in [3.63, 3.8) is 0 Å². The summed E-state index contributed by atoms with van der Waals surface area (Å²) in [6.45, 7) is 0. The lowest BCUT2D eigenvalue weighted by Gasteiger charge is -2.01. The summed E-state index contributed by atoms with van der Waals surface area (Å²) >= 11 is 2.03. The molecule has 66 valence electrons. The Morgan fingerprint density at radius 1 is 1.42 bits per heavy atom. The zero-order chi connectivity index (χ0) is 9.19. The molecule has 0 aliphatic carbocycles. The van der Waals surface area contributed by atoms with E-state index in [2.05, 4.69) is 0 Å². The van der Waals surface area contributed by atoms with E-state index in [1.54, 1.807) is 17.0 Å². The number of nitrogens with one attached hydrogen (secondary N) is 1. The van der Waals surface area contributed by atoms with E-state index >= 15 is 0 Å². The molecule has 0 unspecified atom stereocenters. The fourth-order valence-electron chi connectivity index (χ4n) is 0.702. The molecule has 0 spiro atoms. The standard InChI is InChI=1S/C6H7IN2O2S/c7-5-2-1-3-6(4-5)12(10,11)9-8/h1-4,9H,8H2. The number of nitrogens with two attached hydrogens (primary N) is 1. The molecule has 1 aromatic carbocycles. The van der Waals surface area contributed by atoms with Crippen LogP contribution in [0, 0.1) is 3.57 Å². The average Bonchev–Trinajstić information content (AvgIpc) is 2.05. The number of hydrogen-bond donors (Lipinski definition) is 2. The van der Waals surface area contributed by atoms with Crippen molar-refractivity contribution >= 4 is 32.6 Å². The van der Waals surface area contributed by atoms with Crippen LogP contribution in [0.2, 0.25) is 0 Å². The van der Waals surface area contributed by atoms with Crippen LogP contribution in [0.15, 0.2) is 29.2 Å². The van der Waals surface area contributed by atoms with E-state index in [1.807, 2.05) is 22.6 Å². The van der Waals surface area contributed by atoms with Gasteiger partial charge in [0.15, 0.2) is 0 Å². The first-order valence-corrected chi connectivity index (χ1v) is 5.60. The van der Waals surface area contributed by atoms with Crippen molar-refractivity contribution in [2.75, 3.05) is 0 Å². The van der Waals surface area contributed by atoms with Gasteiger partial charge in [0.1, 0.15) is 0 Å². The van der Waals surface area contributed by atoms with Crippen LogP contribution in [0.5, 0.6) is 0 Å². The topological polar surface area (TPSA) is 72.2 Å². The molecule has 1 rings (SSSR count). The molecule has 6 heteroatoms. The van der Waals surface area contributed by atoms with Crippen LogP contribution >= 0.6 is 22.6 Å². The average molecular weight is 298 g/mol. The fraction of sp³-hybridized carbons (Fsp3) is 0. The lowest BCUT2D eigenvalue weighted by Crippen LogP contribution is -2.30. The number of rotatable bonds is 2. The summed E-state index contributed by atoms with van der Waals surface area (Å²) in [7, 11) is -3.50. The highest BCUT2D eigenvalue weighted by Gasteiger charge is 2.10. The van der Waals surface area contributed by atoms with Gasteiger partial charge in [-0.05, 0) is 40.8 Å². The highest BCUT2D eigenvalue weighted by molar-refractivity contribution is 14.1. The second kappa shape index (κ2) is 3.69. The summed E-state index contributed by atoms with van der Waals surface area (Å²) in [6.07, 6.45) is 0. The van der Waals surface area contributed by atoms with Gasteiger partial charge in [0.2, 0.25) is 0 Å². The molecule has 1 aromatic rings. The summed E-state index contributed by atoms with van der Waals surface area (Å²) in [5.41, 5.74) is 0. The Morgan fingerprint density at radius 2 is 2.08 bits per heavy atom. The van der Waals surface area contributed by atoms with Crippen molar-refractivity contribution in [1.82, 2.24) is 4.83 Å². The lowest BCUT2D eigenvalue weighted by molar-refractivity contribution is 0.584. The number of halogens is 1. The van der Waals surface area contributed by atoms with Crippen molar-refractivity contribution in [1.29, 1.82) is 0 Å². The first-order chi connectivity index (χ1) is 5.56. The van der Waals surface area contributed by atoms with Gasteiger partial charge in [-0.2, -0.15) is 4.83 Å². The molecule has 0 aliphatic rings. The van der Waals surface area contributed by atoms with E-state index < -0.39 is 10.0 Å². The smallest absolute Gasteiger partial charge is 0.253 e. The Hall–Kier alpha value is -0.180. The zero-order valence-corrected chi connectivity index (χ0v) is 8.96. The lowest BCUT2D eigenvalue weighted by atomic mass is 10.4. The van der Waals surface area contributed by atoms with E-state index in [-0.39, 0.29) is 4.90 Å². The van der Waals surface area contributed by atoms with Crippen LogP contribution in [0.4, 0.5) is 0 Å². The number of hydrogen-bond acceptors (Lipinski definition) is 3. The maximum atomic E-state index is 11.1. The summed E-state index contributed by atoms with van der Waals surface area (Å²) in [6, 6.07) is 6.48. The van der Waals surface area contributed by atoms with Gasteiger partial charge in [-0.15, -0.1) is 0 Å². The number of sulfonamides is 1. The molecule has 0 radical (unpaired) electrons. The van der Waals surface area contributed by atoms with Gasteiger partial charge in [0.25, 0.3) is 10.0 Å². The van der Waals surface area contributed by atoms with Crippen LogP contribution in [0.1, 0.15) is 0 Å². The maximum Gasteiger partial charge on any atom is 0.253 e. The third-order valence-corrected chi connectivity index (χ3v) is 3.12. The summed E-state index contributed by atoms with van der Waals surface area (Å²) in [5.74, 6) is 4.85. The summed E-state index contributed by atoms with van der Waals surface area (Å²) in [5, 5.41) is 0. The van der Waals surface area contributed by atoms with E-state index in [0.29, 0.717) is 0 Å². The molecular formula is C6H7IN2O2S. The highest BCUT2D eigenvalue weighted by Crippen LogP contribution is 2.11. The van der Waals surface area contributed by atoms with Crippen molar-refractivity contribution in [2.24, 2.45) is 5.84 Å². The molecule has 0 saturated carbocycles. The van der Waals surface area contributed by atoms with Crippen LogP contribution in [0.25, 0.3) is 0 Å². The van der Waals surface area contributed by atoms with E-state index in [1.165, 1.54) is 12.1 Å². The maximum absolute atomic E-state index is 11.1. The number of benzene rings is 1. The van der Waals surface area contributed by atoms with Crippen LogP contribution < -0.4 is 10.7 Å². The van der Waals surface area contributed by atoms with Gasteiger partial charge in [0, 0.05) is 3.57 Å². The summed E-state index contributed by atoms with van der Waals surface area (Å²) in [4.78, 5) is 1.93. The Labute approximate surface area is 84.3 Å². The molecule has 12 heavy (non-hydrogen) atoms. The molecule has 0 amide bonds. The summed E-state index contributed by atoms with van der Waals surface area (Å²) < 4.78 is 23.1. The van der Waals surface area contributed by atoms with Crippen molar-refractivity contribution in [3.05, 3.63) is 27.8 Å². The molecule has 0 aromatic heterocycles. The molecule has 0 atom stereocenters. The second-order valence-electron chi connectivity index (χ2n) is 2.08. The monoisotopic (exact) mass is 298 g/mol. The zero-order valence-electron chi connectivity index (χ0n) is 5.99. The minimum atomic E-state index is -3.50. The molecule has 0 fully saturated rings. The minimum absolute atomic E-state index is 0.178. The molecule has 0 bridgehead atoms. The second-order valence-corrected chi connectivity index (χ2v) is 5.04. The molecule has 0 saturated heterocycles. The predicted molar refractivity (Wildman–Crippen MR) is 53.7 cm³/mol. The van der Waals surface area contributed by atoms with Gasteiger partial charge in [-0.1, -0.05) is 6.07 Å². The largest absolute Gasteiger partial charge is 0.257 e. The van der Waals surface area contributed by atoms with Crippen molar-refractivity contribution < 1.29 is 8.42 Å². The van der Waals surface area contributed by atoms with Crippen molar-refractivity contribution in [3.8, 4) is 0 Å². The van der Waals surface area contributed by atoms with E-state index in [9.17, 15) is 8.42 Å². The third kappa shape index (κ3) is 2.16. The van der Waals surface area contributed by atoms with E-state index in [4.69, 9.17) is 5.84 Å². The minimum Gasteiger partial charge on any atom is -0.257 e. The Kier molecular flexibility index (Phi) is 3.04. The molecule has 0 aliphatic heterocycles. The Bertz CT molecular complexity index is 377. The molecule has 3 N–H and O–H groups in total. The molecule has 0 heterocycles. The first kappa shape index (κ1) is 9.90. The van der Waals surface area contributed by atoms with Gasteiger partial charge in [-0.3, -0.25) is 5.84 Å². The van der Waals surface area contributed by atoms with Gasteiger partial charge in [-0.25, -0.2) is 8.42 Å². The third-order valence-electron chi connectivity index (χ3n) is 1.26. The Morgan fingerprint density at radius 3 is 2.58 bits per heavy atom. The van der Waals surface area contributed by atoms with Crippen LogP contribution in [-0.2, 0) is 10.0 Å². The van der Waals surface area contributed by atoms with Crippen LogP contribution in [-0.4, -0.2) is 8.42 Å². The predicted octanol–water partition coefficient (Wildman–Crippen LogP) is 0.443. The Balaban J connectivity index is 3.21. The van der Waals surface area contributed by atoms with Gasteiger partial charge < -0.3 is 0 Å². The quantitative estimate of drug-likeness (QED) is 0.473. The van der Waals surface area contributed by atoms with Crippen LogP contribution in [0.3, 0.4) is 0 Å². The molecule has 4 nitrogen and oxygen atoms in total. The normalized spacial score (nSPS) is 11.5. The number of hydrazine groups is 1. The SMILES string of the molecule is NNS(=O)(=O)c1cccc(I)c1. The van der Waals surface area contributed by atoms with Gasteiger partial charge in [0.05, 0.1) is 4.90 Å². The first-order valence-electron chi connectivity index (χ1n) is 3.04. The van der Waals surface area contributed by atoms with Gasteiger partial charge >= 0.3 is 0 Å². The highest BCUT2D eigenvalue weighted by atomic mass is 127.